The molecule has 0 bridgehead atoms. The number of ether oxygens (including phenoxy) is 1. The number of nitrogens with zero attached hydrogens (tertiary/aromatic N) is 3. The number of rotatable bonds is 3. The fourth-order valence-electron chi connectivity index (χ4n) is 4.82. The summed E-state index contributed by atoms with van der Waals surface area (Å²) < 4.78 is 10.9. The van der Waals surface area contributed by atoms with Crippen molar-refractivity contribution in [1.29, 1.82) is 0 Å². The van der Waals surface area contributed by atoms with Crippen LogP contribution in [0.5, 0.6) is 0 Å². The Balaban J connectivity index is 1.41. The maximum atomic E-state index is 5.59. The van der Waals surface area contributed by atoms with E-state index in [-0.39, 0.29) is 0 Å². The maximum absolute atomic E-state index is 5.59. The zero-order valence-electron chi connectivity index (χ0n) is 14.5. The summed E-state index contributed by atoms with van der Waals surface area (Å²) in [5, 5.41) is 4.11. The molecular weight excluding hydrogens is 290 g/mol. The average molecular weight is 319 g/mol. The van der Waals surface area contributed by atoms with Gasteiger partial charge < -0.3 is 9.26 Å². The third-order valence-electron chi connectivity index (χ3n) is 6.19. The summed E-state index contributed by atoms with van der Waals surface area (Å²) in [4.78, 5) is 5.33. The SMILES string of the molecule is Cc1noc(C)c1CN1CCC[C@]2(CCN([C@@H]3CCOC3)C2)C1. The first-order valence-corrected chi connectivity index (χ1v) is 9.11. The summed E-state index contributed by atoms with van der Waals surface area (Å²) in [5.74, 6) is 0.985. The lowest BCUT2D eigenvalue weighted by atomic mass is 9.79. The van der Waals surface area contributed by atoms with E-state index in [1.54, 1.807) is 0 Å². The first-order chi connectivity index (χ1) is 11.2. The second-order valence-corrected chi connectivity index (χ2v) is 7.85. The van der Waals surface area contributed by atoms with Gasteiger partial charge in [0.1, 0.15) is 5.76 Å². The minimum atomic E-state index is 0.500. The van der Waals surface area contributed by atoms with Crippen LogP contribution in [0.4, 0.5) is 0 Å². The highest BCUT2D eigenvalue weighted by Gasteiger charge is 2.43. The molecule has 0 N–H and O–H groups in total. The van der Waals surface area contributed by atoms with Crippen LogP contribution in [0, 0.1) is 19.3 Å². The van der Waals surface area contributed by atoms with Crippen molar-refractivity contribution < 1.29 is 9.26 Å². The third kappa shape index (κ3) is 3.06. The van der Waals surface area contributed by atoms with Crippen LogP contribution in [0.25, 0.3) is 0 Å². The van der Waals surface area contributed by atoms with Crippen LogP contribution >= 0.6 is 0 Å². The van der Waals surface area contributed by atoms with Gasteiger partial charge >= 0.3 is 0 Å². The van der Waals surface area contributed by atoms with Gasteiger partial charge in [0, 0.05) is 37.8 Å². The van der Waals surface area contributed by atoms with Gasteiger partial charge in [0.2, 0.25) is 0 Å². The van der Waals surface area contributed by atoms with Crippen LogP contribution in [0.3, 0.4) is 0 Å². The molecule has 0 aliphatic carbocycles. The molecule has 4 rings (SSSR count). The van der Waals surface area contributed by atoms with Crippen molar-refractivity contribution in [2.75, 3.05) is 39.4 Å². The van der Waals surface area contributed by atoms with Crippen LogP contribution in [-0.4, -0.2) is 60.4 Å². The fourth-order valence-corrected chi connectivity index (χ4v) is 4.82. The van der Waals surface area contributed by atoms with Gasteiger partial charge in [-0.2, -0.15) is 0 Å². The first-order valence-electron chi connectivity index (χ1n) is 9.11. The highest BCUT2D eigenvalue weighted by atomic mass is 16.5. The van der Waals surface area contributed by atoms with Gasteiger partial charge in [-0.1, -0.05) is 5.16 Å². The largest absolute Gasteiger partial charge is 0.380 e. The molecule has 0 amide bonds. The van der Waals surface area contributed by atoms with Crippen LogP contribution in [0.1, 0.15) is 42.7 Å². The molecule has 128 valence electrons. The van der Waals surface area contributed by atoms with E-state index in [0.717, 1.165) is 31.2 Å². The predicted molar refractivity (Wildman–Crippen MR) is 88.3 cm³/mol. The standard InChI is InChI=1S/C18H29N3O2/c1-14-17(15(2)23-19-14)10-20-7-3-5-18(12-20)6-8-21(13-18)16-4-9-22-11-16/h16H,3-13H2,1-2H3/t16-,18+/m1/s1. The summed E-state index contributed by atoms with van der Waals surface area (Å²) in [5.41, 5.74) is 2.85. The predicted octanol–water partition coefficient (Wildman–Crippen LogP) is 2.37. The van der Waals surface area contributed by atoms with Crippen molar-refractivity contribution in [3.05, 3.63) is 17.0 Å². The van der Waals surface area contributed by atoms with Crippen molar-refractivity contribution in [2.45, 2.75) is 52.1 Å². The third-order valence-corrected chi connectivity index (χ3v) is 6.19. The van der Waals surface area contributed by atoms with E-state index in [1.807, 2.05) is 6.92 Å². The number of likely N-dealkylation sites (tertiary alicyclic amines) is 2. The Bertz CT molecular complexity index is 533. The summed E-state index contributed by atoms with van der Waals surface area (Å²) in [6.07, 6.45) is 5.27. The summed E-state index contributed by atoms with van der Waals surface area (Å²) in [7, 11) is 0. The summed E-state index contributed by atoms with van der Waals surface area (Å²) >= 11 is 0. The Hall–Kier alpha value is -0.910. The highest BCUT2D eigenvalue weighted by molar-refractivity contribution is 5.20. The van der Waals surface area contributed by atoms with Crippen molar-refractivity contribution in [2.24, 2.45) is 5.41 Å². The van der Waals surface area contributed by atoms with Crippen molar-refractivity contribution in [3.8, 4) is 0 Å². The minimum Gasteiger partial charge on any atom is -0.380 e. The lowest BCUT2D eigenvalue weighted by molar-refractivity contribution is 0.0786. The van der Waals surface area contributed by atoms with Gasteiger partial charge in [-0.3, -0.25) is 9.80 Å². The normalized spacial score (nSPS) is 33.0. The molecule has 3 saturated heterocycles. The van der Waals surface area contributed by atoms with Gasteiger partial charge in [-0.05, 0) is 58.0 Å². The highest BCUT2D eigenvalue weighted by Crippen LogP contribution is 2.40. The number of aromatic nitrogens is 1. The Morgan fingerprint density at radius 2 is 2.13 bits per heavy atom. The van der Waals surface area contributed by atoms with E-state index in [1.165, 1.54) is 57.4 Å². The average Bonchev–Trinajstić information content (AvgIpc) is 3.25. The Kier molecular flexibility index (Phi) is 4.20. The van der Waals surface area contributed by atoms with E-state index < -0.39 is 0 Å². The van der Waals surface area contributed by atoms with E-state index >= 15 is 0 Å². The second-order valence-electron chi connectivity index (χ2n) is 7.85. The van der Waals surface area contributed by atoms with E-state index in [0.29, 0.717) is 11.5 Å². The molecular formula is C18H29N3O2. The quantitative estimate of drug-likeness (QED) is 0.855. The van der Waals surface area contributed by atoms with E-state index in [2.05, 4.69) is 21.9 Å². The molecule has 3 fully saturated rings. The molecule has 4 heterocycles. The van der Waals surface area contributed by atoms with Gasteiger partial charge in [-0.15, -0.1) is 0 Å². The number of hydrogen-bond acceptors (Lipinski definition) is 5. The lowest BCUT2D eigenvalue weighted by Crippen LogP contribution is -2.45. The molecule has 1 aromatic rings. The summed E-state index contributed by atoms with van der Waals surface area (Å²) in [6, 6.07) is 0.673. The molecule has 2 atom stereocenters. The monoisotopic (exact) mass is 319 g/mol. The molecule has 0 saturated carbocycles. The molecule has 5 heteroatoms. The Labute approximate surface area is 138 Å². The minimum absolute atomic E-state index is 0.500. The zero-order chi connectivity index (χ0) is 15.9. The Morgan fingerprint density at radius 1 is 1.22 bits per heavy atom. The molecule has 3 aliphatic rings. The second kappa shape index (κ2) is 6.19. The summed E-state index contributed by atoms with van der Waals surface area (Å²) in [6.45, 7) is 11.9. The Morgan fingerprint density at radius 3 is 2.87 bits per heavy atom. The van der Waals surface area contributed by atoms with Gasteiger partial charge in [0.05, 0.1) is 12.3 Å². The molecule has 5 nitrogen and oxygen atoms in total. The molecule has 23 heavy (non-hydrogen) atoms. The van der Waals surface area contributed by atoms with Gasteiger partial charge in [0.25, 0.3) is 0 Å². The number of hydrogen-bond donors (Lipinski definition) is 0. The van der Waals surface area contributed by atoms with E-state index in [9.17, 15) is 0 Å². The smallest absolute Gasteiger partial charge is 0.138 e. The van der Waals surface area contributed by atoms with Crippen molar-refractivity contribution >= 4 is 0 Å². The molecule has 0 unspecified atom stereocenters. The van der Waals surface area contributed by atoms with E-state index in [4.69, 9.17) is 9.26 Å². The maximum Gasteiger partial charge on any atom is 0.138 e. The molecule has 0 aromatic carbocycles. The van der Waals surface area contributed by atoms with Crippen LogP contribution in [0.15, 0.2) is 4.52 Å². The van der Waals surface area contributed by atoms with Crippen molar-refractivity contribution in [1.82, 2.24) is 15.0 Å². The van der Waals surface area contributed by atoms with Crippen LogP contribution in [-0.2, 0) is 11.3 Å². The molecule has 0 radical (unpaired) electrons. The number of piperidine rings is 1. The lowest BCUT2D eigenvalue weighted by Gasteiger charge is -2.41. The first kappa shape index (κ1) is 15.6. The van der Waals surface area contributed by atoms with Gasteiger partial charge in [0.15, 0.2) is 0 Å². The zero-order valence-corrected chi connectivity index (χ0v) is 14.5. The number of aryl methyl sites for hydroxylation is 2. The molecule has 3 aliphatic heterocycles. The van der Waals surface area contributed by atoms with Crippen molar-refractivity contribution in [3.63, 3.8) is 0 Å². The van der Waals surface area contributed by atoms with Crippen LogP contribution < -0.4 is 0 Å². The topological polar surface area (TPSA) is 41.7 Å². The molecule has 1 aromatic heterocycles. The fraction of sp³-hybridized carbons (Fsp3) is 0.833. The van der Waals surface area contributed by atoms with Crippen LogP contribution in [0.2, 0.25) is 0 Å². The molecule has 1 spiro atoms. The van der Waals surface area contributed by atoms with Gasteiger partial charge in [-0.25, -0.2) is 0 Å².